The molecule has 1 aromatic carbocycles. The van der Waals surface area contributed by atoms with Gasteiger partial charge in [0.25, 0.3) is 0 Å². The molecule has 0 radical (unpaired) electrons. The van der Waals surface area contributed by atoms with Crippen molar-refractivity contribution in [2.45, 2.75) is 23.8 Å². The number of nitrogen functional groups attached to an aromatic ring is 1. The number of rotatable bonds is 7. The number of thiol groups is 1. The molecule has 1 rings (SSSR count). The molecule has 0 aliphatic rings. The molecule has 0 aromatic heterocycles. The van der Waals surface area contributed by atoms with E-state index in [0.29, 0.717) is 5.56 Å². The fourth-order valence-corrected chi connectivity index (χ4v) is 4.64. The van der Waals surface area contributed by atoms with Gasteiger partial charge in [0.15, 0.2) is 0 Å². The Balaban J connectivity index is 2.85. The van der Waals surface area contributed by atoms with E-state index in [0.717, 1.165) is 0 Å². The van der Waals surface area contributed by atoms with Gasteiger partial charge in [0, 0.05) is 10.9 Å². The number of hydrogen-bond donors (Lipinski definition) is 6. The molecule has 0 amide bonds. The molecule has 2 unspecified atom stereocenters. The first-order chi connectivity index (χ1) is 9.50. The highest BCUT2D eigenvalue weighted by Gasteiger charge is 2.32. The fourth-order valence-electron chi connectivity index (χ4n) is 2.04. The van der Waals surface area contributed by atoms with Gasteiger partial charge in [0.1, 0.15) is 0 Å². The molecule has 0 heterocycles. The van der Waals surface area contributed by atoms with Crippen LogP contribution in [0.1, 0.15) is 24.1 Å². The van der Waals surface area contributed by atoms with Crippen LogP contribution in [-0.2, 0) is 9.13 Å². The molecule has 0 saturated carbocycles. The van der Waals surface area contributed by atoms with Crippen molar-refractivity contribution < 1.29 is 28.7 Å². The summed E-state index contributed by atoms with van der Waals surface area (Å²) >= 11 is 4.06. The minimum absolute atomic E-state index is 0.0344. The lowest BCUT2D eigenvalue weighted by Gasteiger charge is -2.22. The largest absolute Gasteiger partial charge is 0.398 e. The summed E-state index contributed by atoms with van der Waals surface area (Å²) in [4.78, 5) is 36.7. The van der Waals surface area contributed by atoms with Crippen LogP contribution in [-0.4, -0.2) is 31.0 Å². The normalized spacial score (nSPS) is 15.7. The van der Waals surface area contributed by atoms with E-state index in [1.165, 1.54) is 6.07 Å². The minimum Gasteiger partial charge on any atom is -0.398 e. The van der Waals surface area contributed by atoms with Crippen LogP contribution in [0.5, 0.6) is 0 Å². The highest BCUT2D eigenvalue weighted by atomic mass is 32.1. The highest BCUT2D eigenvalue weighted by Crippen LogP contribution is 2.55. The molecule has 120 valence electrons. The summed E-state index contributed by atoms with van der Waals surface area (Å²) in [6, 6.07) is 6.37. The first kappa shape index (κ1) is 18.7. The van der Waals surface area contributed by atoms with Crippen molar-refractivity contribution in [2.24, 2.45) is 0 Å². The van der Waals surface area contributed by atoms with E-state index in [1.54, 1.807) is 18.2 Å². The average Bonchev–Trinajstić information content (AvgIpc) is 2.27. The molecule has 10 heteroatoms. The Bertz CT molecular complexity index is 572. The van der Waals surface area contributed by atoms with Gasteiger partial charge in [0.2, 0.25) is 0 Å². The fraction of sp³-hybridized carbons (Fsp3) is 0.455. The van der Waals surface area contributed by atoms with E-state index in [-0.39, 0.29) is 18.5 Å². The van der Waals surface area contributed by atoms with Crippen molar-refractivity contribution in [3.05, 3.63) is 29.8 Å². The third kappa shape index (κ3) is 6.53. The number of para-hydroxylation sites is 1. The molecular formula is C11H19NO6P2S. The molecule has 0 aliphatic heterocycles. The average molecular weight is 355 g/mol. The summed E-state index contributed by atoms with van der Waals surface area (Å²) in [7, 11) is -8.64. The number of hydrogen-bond acceptors (Lipinski definition) is 4. The second-order valence-electron chi connectivity index (χ2n) is 4.81. The van der Waals surface area contributed by atoms with Gasteiger partial charge in [-0.05, 0) is 24.5 Å². The first-order valence-electron chi connectivity index (χ1n) is 6.13. The molecule has 0 saturated heterocycles. The van der Waals surface area contributed by atoms with Crippen LogP contribution in [0.15, 0.2) is 24.3 Å². The van der Waals surface area contributed by atoms with E-state index in [2.05, 4.69) is 12.6 Å². The number of benzene rings is 1. The summed E-state index contributed by atoms with van der Waals surface area (Å²) in [5, 5.41) is -0.648. The van der Waals surface area contributed by atoms with Gasteiger partial charge >= 0.3 is 15.2 Å². The van der Waals surface area contributed by atoms with Crippen LogP contribution in [0.2, 0.25) is 0 Å². The molecule has 2 atom stereocenters. The van der Waals surface area contributed by atoms with Crippen LogP contribution in [0.3, 0.4) is 0 Å². The van der Waals surface area contributed by atoms with Crippen LogP contribution >= 0.6 is 27.8 Å². The maximum Gasteiger partial charge on any atom is 0.333 e. The zero-order valence-electron chi connectivity index (χ0n) is 11.1. The van der Waals surface area contributed by atoms with Crippen LogP contribution in [0.25, 0.3) is 0 Å². The predicted octanol–water partition coefficient (Wildman–Crippen LogP) is 1.74. The molecule has 21 heavy (non-hydrogen) atoms. The van der Waals surface area contributed by atoms with Gasteiger partial charge in [-0.1, -0.05) is 18.2 Å². The zero-order chi connectivity index (χ0) is 16.3. The smallest absolute Gasteiger partial charge is 0.333 e. The van der Waals surface area contributed by atoms with Crippen molar-refractivity contribution in [1.29, 1.82) is 0 Å². The Morgan fingerprint density at radius 2 is 1.67 bits per heavy atom. The third-order valence-corrected chi connectivity index (χ3v) is 5.98. The van der Waals surface area contributed by atoms with E-state index in [9.17, 15) is 18.9 Å². The molecule has 1 aromatic rings. The second-order valence-corrected chi connectivity index (χ2v) is 9.04. The Labute approximate surface area is 128 Å². The van der Waals surface area contributed by atoms with Crippen molar-refractivity contribution in [2.75, 3.05) is 11.9 Å². The summed E-state index contributed by atoms with van der Waals surface area (Å²) in [6.07, 6.45) is -0.251. The Morgan fingerprint density at radius 3 is 2.14 bits per heavy atom. The van der Waals surface area contributed by atoms with Crippen LogP contribution in [0, 0.1) is 0 Å². The van der Waals surface area contributed by atoms with Crippen molar-refractivity contribution in [1.82, 2.24) is 0 Å². The third-order valence-electron chi connectivity index (χ3n) is 2.98. The Morgan fingerprint density at radius 1 is 1.10 bits per heavy atom. The monoisotopic (exact) mass is 355 g/mol. The predicted molar refractivity (Wildman–Crippen MR) is 84.6 cm³/mol. The molecule has 6 N–H and O–H groups in total. The number of nitrogens with two attached hydrogens (primary N) is 1. The van der Waals surface area contributed by atoms with E-state index < -0.39 is 32.3 Å². The highest BCUT2D eigenvalue weighted by molar-refractivity contribution is 7.81. The molecule has 0 spiro atoms. The lowest BCUT2D eigenvalue weighted by atomic mass is 10.0. The number of anilines is 1. The molecule has 0 aliphatic carbocycles. The van der Waals surface area contributed by atoms with E-state index in [1.807, 2.05) is 0 Å². The Hall–Kier alpha value is -0.330. The summed E-state index contributed by atoms with van der Waals surface area (Å²) in [5.74, 6) is 0. The standard InChI is InChI=1S/C11H19NO6P2S/c12-10-4-2-1-3-9(10)11(20(16,17)18)6-5-8(21)7-19(13,14)15/h1-4,8,11,21H,5-7,12H2,(H2,13,14,15)(H2,16,17,18). The lowest BCUT2D eigenvalue weighted by Crippen LogP contribution is -2.10. The quantitative estimate of drug-likeness (QED) is 0.249. The topological polar surface area (TPSA) is 141 Å². The summed E-state index contributed by atoms with van der Waals surface area (Å²) in [6.45, 7) is 0. The molecule has 7 nitrogen and oxygen atoms in total. The van der Waals surface area contributed by atoms with Gasteiger partial charge < -0.3 is 25.3 Å². The molecular weight excluding hydrogens is 336 g/mol. The van der Waals surface area contributed by atoms with Crippen molar-refractivity contribution in [3.8, 4) is 0 Å². The van der Waals surface area contributed by atoms with Crippen molar-refractivity contribution in [3.63, 3.8) is 0 Å². The van der Waals surface area contributed by atoms with Crippen molar-refractivity contribution >= 4 is 33.5 Å². The molecule has 0 fully saturated rings. The minimum atomic E-state index is -4.44. The van der Waals surface area contributed by atoms with E-state index in [4.69, 9.17) is 15.5 Å². The summed E-state index contributed by atoms with van der Waals surface area (Å²) in [5.41, 5.74) is 5.24. The van der Waals surface area contributed by atoms with Gasteiger partial charge in [-0.2, -0.15) is 12.6 Å². The van der Waals surface area contributed by atoms with Gasteiger partial charge in [0.05, 0.1) is 11.8 Å². The van der Waals surface area contributed by atoms with Crippen LogP contribution in [0.4, 0.5) is 5.69 Å². The van der Waals surface area contributed by atoms with Gasteiger partial charge in [-0.25, -0.2) is 0 Å². The van der Waals surface area contributed by atoms with Gasteiger partial charge in [-0.3, -0.25) is 9.13 Å². The molecule has 0 bridgehead atoms. The van der Waals surface area contributed by atoms with Crippen LogP contribution < -0.4 is 5.73 Å². The van der Waals surface area contributed by atoms with Gasteiger partial charge in [-0.15, -0.1) is 0 Å². The Kier molecular flexibility index (Phi) is 6.50. The lowest BCUT2D eigenvalue weighted by molar-refractivity contribution is 0.354. The maximum atomic E-state index is 11.6. The van der Waals surface area contributed by atoms with E-state index >= 15 is 0 Å². The maximum absolute atomic E-state index is 11.6. The second kappa shape index (κ2) is 7.29. The summed E-state index contributed by atoms with van der Waals surface area (Å²) < 4.78 is 22.5. The first-order valence-corrected chi connectivity index (χ1v) is 10.1. The zero-order valence-corrected chi connectivity index (χ0v) is 13.8. The SMILES string of the molecule is Nc1ccccc1C(CCC(S)CP(=O)(O)O)P(=O)(O)O.